The number of imidazole rings is 1. The van der Waals surface area contributed by atoms with Gasteiger partial charge in [-0.3, -0.25) is 4.79 Å². The molecule has 0 aliphatic carbocycles. The minimum absolute atomic E-state index is 0.0914. The number of hydrogen-bond donors (Lipinski definition) is 3. The molecule has 198 valence electrons. The highest BCUT2D eigenvalue weighted by Crippen LogP contribution is 2.39. The van der Waals surface area contributed by atoms with E-state index in [1.807, 2.05) is 37.9 Å². The Kier molecular flexibility index (Phi) is 6.83. The first-order chi connectivity index (χ1) is 18.2. The molecule has 2 amide bonds. The number of amides is 2. The van der Waals surface area contributed by atoms with E-state index in [-0.39, 0.29) is 11.8 Å². The van der Waals surface area contributed by atoms with Crippen molar-refractivity contribution in [3.8, 4) is 22.4 Å². The monoisotopic (exact) mass is 532 g/mol. The molecule has 10 heteroatoms. The van der Waals surface area contributed by atoms with Gasteiger partial charge in [0.25, 0.3) is 0 Å². The molecule has 1 fully saturated rings. The molecular weight excluding hydrogens is 500 g/mol. The Bertz CT molecular complexity index is 1480. The van der Waals surface area contributed by atoms with Crippen LogP contribution >= 0.6 is 11.3 Å². The molecule has 0 radical (unpaired) electrons. The lowest BCUT2D eigenvalue weighted by Gasteiger charge is -2.37. The highest BCUT2D eigenvalue weighted by molar-refractivity contribution is 7.22. The average Bonchev–Trinajstić information content (AvgIpc) is 3.64. The Morgan fingerprint density at radius 3 is 2.55 bits per heavy atom. The first kappa shape index (κ1) is 25.7. The van der Waals surface area contributed by atoms with Gasteiger partial charge in [-0.1, -0.05) is 55.5 Å². The number of likely N-dealkylation sites (tertiary alicyclic amines) is 1. The minimum atomic E-state index is -0.678. The van der Waals surface area contributed by atoms with Gasteiger partial charge in [-0.15, -0.1) is 0 Å². The van der Waals surface area contributed by atoms with Crippen molar-refractivity contribution < 1.29 is 14.3 Å². The number of carbonyl (C=O) groups is 2. The third-order valence-electron chi connectivity index (χ3n) is 7.31. The van der Waals surface area contributed by atoms with Crippen molar-refractivity contribution in [2.45, 2.75) is 45.2 Å². The van der Waals surface area contributed by atoms with Crippen LogP contribution in [0.15, 0.2) is 48.7 Å². The van der Waals surface area contributed by atoms with Crippen molar-refractivity contribution in [3.63, 3.8) is 0 Å². The maximum Gasteiger partial charge on any atom is 0.407 e. The molecule has 4 N–H and O–H groups in total. The molecule has 5 rings (SSSR count). The molecule has 1 saturated heterocycles. The number of ether oxygens (including phenoxy) is 1. The summed E-state index contributed by atoms with van der Waals surface area (Å²) >= 11 is 1.48. The van der Waals surface area contributed by atoms with E-state index in [1.54, 1.807) is 0 Å². The highest BCUT2D eigenvalue weighted by atomic mass is 32.1. The fourth-order valence-corrected chi connectivity index (χ4v) is 5.90. The van der Waals surface area contributed by atoms with Gasteiger partial charge in [-0.25, -0.2) is 14.8 Å². The summed E-state index contributed by atoms with van der Waals surface area (Å²) in [4.78, 5) is 39.8. The number of anilines is 1. The minimum Gasteiger partial charge on any atom is -0.453 e. The number of alkyl carbamates (subject to hydrolysis) is 1. The number of methoxy groups -OCH3 is 1. The zero-order valence-corrected chi connectivity index (χ0v) is 22.8. The second-order valence-electron chi connectivity index (χ2n) is 10.2. The van der Waals surface area contributed by atoms with E-state index in [2.05, 4.69) is 51.7 Å². The summed E-state index contributed by atoms with van der Waals surface area (Å²) in [5.74, 6) is 0.509. The van der Waals surface area contributed by atoms with Crippen LogP contribution in [0.1, 0.15) is 39.4 Å². The second-order valence-corrected chi connectivity index (χ2v) is 11.2. The van der Waals surface area contributed by atoms with E-state index < -0.39 is 17.7 Å². The van der Waals surface area contributed by atoms with Crippen molar-refractivity contribution in [2.75, 3.05) is 19.4 Å². The Morgan fingerprint density at radius 1 is 1.13 bits per heavy atom. The fourth-order valence-electron chi connectivity index (χ4n) is 5.13. The quantitative estimate of drug-likeness (QED) is 0.315. The largest absolute Gasteiger partial charge is 0.453 e. The molecule has 4 aromatic rings. The Balaban J connectivity index is 1.37. The average molecular weight is 533 g/mol. The lowest BCUT2D eigenvalue weighted by Crippen LogP contribution is -2.55. The van der Waals surface area contributed by atoms with E-state index in [0.717, 1.165) is 51.3 Å². The third-order valence-corrected chi connectivity index (χ3v) is 8.15. The molecule has 1 aliphatic rings. The van der Waals surface area contributed by atoms with Crippen molar-refractivity contribution in [2.24, 2.45) is 5.92 Å². The van der Waals surface area contributed by atoms with E-state index in [9.17, 15) is 9.59 Å². The van der Waals surface area contributed by atoms with Gasteiger partial charge in [0.1, 0.15) is 11.9 Å². The van der Waals surface area contributed by atoms with E-state index in [1.165, 1.54) is 18.4 Å². The van der Waals surface area contributed by atoms with E-state index in [4.69, 9.17) is 15.5 Å². The number of hydrogen-bond acceptors (Lipinski definition) is 7. The van der Waals surface area contributed by atoms with Crippen molar-refractivity contribution >= 4 is 38.7 Å². The van der Waals surface area contributed by atoms with E-state index >= 15 is 0 Å². The van der Waals surface area contributed by atoms with Crippen LogP contribution in [0.2, 0.25) is 0 Å². The van der Waals surface area contributed by atoms with Gasteiger partial charge in [0.05, 0.1) is 28.6 Å². The van der Waals surface area contributed by atoms with Gasteiger partial charge < -0.3 is 25.7 Å². The third kappa shape index (κ3) is 4.71. The number of nitrogens with one attached hydrogen (secondary N) is 2. The highest BCUT2D eigenvalue weighted by Gasteiger charge is 2.46. The molecule has 2 aromatic heterocycles. The summed E-state index contributed by atoms with van der Waals surface area (Å²) in [6, 6.07) is 13.7. The molecule has 0 spiro atoms. The maximum absolute atomic E-state index is 13.6. The number of H-pyrrole nitrogens is 1. The van der Waals surface area contributed by atoms with Gasteiger partial charge in [0, 0.05) is 18.3 Å². The molecule has 2 atom stereocenters. The van der Waals surface area contributed by atoms with Crippen LogP contribution in [-0.4, -0.2) is 51.5 Å². The lowest BCUT2D eigenvalue weighted by molar-refractivity contribution is -0.138. The fraction of sp³-hybridized carbons (Fsp3) is 0.357. The number of fused-ring (bicyclic) bond motifs is 1. The maximum atomic E-state index is 13.6. The molecule has 1 aliphatic heterocycles. The molecule has 2 aromatic carbocycles. The predicted molar refractivity (Wildman–Crippen MR) is 150 cm³/mol. The van der Waals surface area contributed by atoms with E-state index in [0.29, 0.717) is 11.7 Å². The van der Waals surface area contributed by atoms with Crippen LogP contribution in [0, 0.1) is 5.92 Å². The van der Waals surface area contributed by atoms with Gasteiger partial charge >= 0.3 is 6.09 Å². The van der Waals surface area contributed by atoms with Gasteiger partial charge in [0.15, 0.2) is 5.13 Å². The second kappa shape index (κ2) is 10.1. The van der Waals surface area contributed by atoms with Gasteiger partial charge in [-0.2, -0.15) is 0 Å². The molecule has 38 heavy (non-hydrogen) atoms. The zero-order chi connectivity index (χ0) is 27.0. The summed E-state index contributed by atoms with van der Waals surface area (Å²) in [6.45, 7) is 6.44. The smallest absolute Gasteiger partial charge is 0.407 e. The molecule has 3 heterocycles. The summed E-state index contributed by atoms with van der Waals surface area (Å²) in [6.07, 6.45) is 2.90. The summed E-state index contributed by atoms with van der Waals surface area (Å²) in [5.41, 5.74) is 10.1. The molecule has 9 nitrogen and oxygen atoms in total. The Labute approximate surface area is 225 Å². The number of carbonyl (C=O) groups excluding carboxylic acids is 2. The molecule has 0 saturated carbocycles. The summed E-state index contributed by atoms with van der Waals surface area (Å²) in [7, 11) is 1.30. The number of thiazole rings is 1. The number of nitrogens with two attached hydrogens (primary N) is 1. The van der Waals surface area contributed by atoms with Gasteiger partial charge in [0.2, 0.25) is 5.91 Å². The Hall–Kier alpha value is -3.92. The van der Waals surface area contributed by atoms with Crippen LogP contribution in [-0.2, 0) is 15.1 Å². The van der Waals surface area contributed by atoms with Crippen molar-refractivity contribution in [1.82, 2.24) is 25.2 Å². The normalized spacial score (nSPS) is 18.2. The van der Waals surface area contributed by atoms with Crippen LogP contribution in [0.3, 0.4) is 0 Å². The SMILES string of the molecule is COC(=O)N[C@H](C(=O)N1CCC[C@@]1(C)c1nc(-c2ccc(-c3ccc4nc(N)sc4c3)cc2)c[nH]1)C(C)C. The topological polar surface area (TPSA) is 126 Å². The first-order valence-corrected chi connectivity index (χ1v) is 13.5. The van der Waals surface area contributed by atoms with Gasteiger partial charge in [-0.05, 0) is 48.9 Å². The standard InChI is InChI=1S/C28H32N6O3S/c1-16(2)23(33-27(36)37-4)24(35)34-13-5-12-28(34,3)25-30-15-21(31-25)18-8-6-17(7-9-18)19-10-11-20-22(14-19)38-26(29)32-20/h6-11,14-16,23H,5,12-13H2,1-4H3,(H2,29,32)(H,30,31)(H,33,36)/t23-,28-/m0/s1. The molecule has 0 unspecified atom stereocenters. The number of benzene rings is 2. The Morgan fingerprint density at radius 2 is 1.84 bits per heavy atom. The number of aromatic amines is 1. The van der Waals surface area contributed by atoms with Crippen LogP contribution in [0.4, 0.5) is 9.93 Å². The summed E-state index contributed by atoms with van der Waals surface area (Å²) in [5, 5.41) is 3.27. The van der Waals surface area contributed by atoms with Crippen molar-refractivity contribution in [3.05, 3.63) is 54.5 Å². The molecule has 0 bridgehead atoms. The number of nitrogen functional groups attached to an aromatic ring is 1. The van der Waals surface area contributed by atoms with Crippen LogP contribution in [0.5, 0.6) is 0 Å². The lowest BCUT2D eigenvalue weighted by atomic mass is 9.95. The number of nitrogens with zero attached hydrogens (tertiary/aromatic N) is 3. The van der Waals surface area contributed by atoms with Crippen LogP contribution < -0.4 is 11.1 Å². The predicted octanol–water partition coefficient (Wildman–Crippen LogP) is 5.15. The summed E-state index contributed by atoms with van der Waals surface area (Å²) < 4.78 is 5.80. The number of rotatable bonds is 6. The molecular formula is C28H32N6O3S. The van der Waals surface area contributed by atoms with Crippen LogP contribution in [0.25, 0.3) is 32.6 Å². The number of aromatic nitrogens is 3. The van der Waals surface area contributed by atoms with Crippen molar-refractivity contribution in [1.29, 1.82) is 0 Å². The first-order valence-electron chi connectivity index (χ1n) is 12.7. The zero-order valence-electron chi connectivity index (χ0n) is 21.9.